The van der Waals surface area contributed by atoms with E-state index in [-0.39, 0.29) is 0 Å². The number of carboxylic acid groups (broad SMARTS) is 1. The van der Waals surface area contributed by atoms with E-state index in [1.807, 2.05) is 0 Å². The monoisotopic (exact) mass is 354 g/mol. The molecule has 1 saturated carbocycles. The van der Waals surface area contributed by atoms with E-state index in [0.717, 1.165) is 25.7 Å². The van der Waals surface area contributed by atoms with E-state index in [1.54, 1.807) is 18.2 Å². The number of rotatable bonds is 4. The Labute approximate surface area is 132 Å². The van der Waals surface area contributed by atoms with E-state index >= 15 is 0 Å². The van der Waals surface area contributed by atoms with E-state index in [9.17, 15) is 14.7 Å². The number of benzene rings is 1. The molecule has 114 valence electrons. The Balaban J connectivity index is 2.28. The number of nitrogens with one attached hydrogen (secondary N) is 1. The van der Waals surface area contributed by atoms with Crippen LogP contribution in [0.1, 0.15) is 48.9 Å². The average molecular weight is 355 g/mol. The first kappa shape index (κ1) is 15.8. The first-order valence-electron chi connectivity index (χ1n) is 7.05. The lowest BCUT2D eigenvalue weighted by Gasteiger charge is -2.31. The molecule has 1 aliphatic rings. The van der Waals surface area contributed by atoms with Crippen molar-refractivity contribution in [3.05, 3.63) is 28.2 Å². The summed E-state index contributed by atoms with van der Waals surface area (Å²) in [5, 5.41) is 12.8. The number of carboxylic acids is 1. The van der Waals surface area contributed by atoms with Crippen molar-refractivity contribution in [2.45, 2.75) is 44.1 Å². The highest BCUT2D eigenvalue weighted by Gasteiger charge is 2.38. The number of carbonyl (C=O) groups is 2. The van der Waals surface area contributed by atoms with Gasteiger partial charge in [-0.3, -0.25) is 4.79 Å². The van der Waals surface area contributed by atoms with Crippen LogP contribution in [0, 0.1) is 0 Å². The van der Waals surface area contributed by atoms with Crippen molar-refractivity contribution in [3.63, 3.8) is 0 Å². The fraction of sp³-hybridized carbons (Fsp3) is 0.467. The van der Waals surface area contributed by atoms with Crippen molar-refractivity contribution in [2.24, 2.45) is 5.73 Å². The van der Waals surface area contributed by atoms with E-state index in [4.69, 9.17) is 5.73 Å². The lowest BCUT2D eigenvalue weighted by molar-refractivity contribution is -0.142. The van der Waals surface area contributed by atoms with Gasteiger partial charge in [-0.15, -0.1) is 0 Å². The van der Waals surface area contributed by atoms with Gasteiger partial charge in [-0.2, -0.15) is 0 Å². The van der Waals surface area contributed by atoms with Crippen LogP contribution in [0.4, 0.5) is 5.69 Å². The Morgan fingerprint density at radius 3 is 2.29 bits per heavy atom. The quantitative estimate of drug-likeness (QED) is 0.724. The van der Waals surface area contributed by atoms with Gasteiger partial charge in [-0.1, -0.05) is 25.7 Å². The van der Waals surface area contributed by atoms with Gasteiger partial charge in [0.15, 0.2) is 0 Å². The molecule has 21 heavy (non-hydrogen) atoms. The standard InChI is InChI=1S/C15H19BrN2O3/c16-11-9-10(13(17)19)5-6-12(11)18-15(14(20)21)7-3-1-2-4-8-15/h5-6,9,18H,1-4,7-8H2,(H2,17,19)(H,20,21). The summed E-state index contributed by atoms with van der Waals surface area (Å²) < 4.78 is 0.642. The number of halogens is 1. The van der Waals surface area contributed by atoms with Crippen molar-refractivity contribution < 1.29 is 14.7 Å². The number of hydrogen-bond donors (Lipinski definition) is 3. The second kappa shape index (κ2) is 6.47. The molecule has 5 nitrogen and oxygen atoms in total. The minimum atomic E-state index is -0.937. The van der Waals surface area contributed by atoms with Crippen LogP contribution in [0.25, 0.3) is 0 Å². The van der Waals surface area contributed by atoms with Gasteiger partial charge in [0.1, 0.15) is 5.54 Å². The van der Waals surface area contributed by atoms with Crippen LogP contribution in [0.15, 0.2) is 22.7 Å². The van der Waals surface area contributed by atoms with Gasteiger partial charge in [-0.05, 0) is 47.0 Å². The van der Waals surface area contributed by atoms with E-state index in [0.29, 0.717) is 28.6 Å². The lowest BCUT2D eigenvalue weighted by atomic mass is 9.90. The van der Waals surface area contributed by atoms with Gasteiger partial charge in [0, 0.05) is 15.7 Å². The summed E-state index contributed by atoms with van der Waals surface area (Å²) in [6.07, 6.45) is 5.14. The zero-order valence-corrected chi connectivity index (χ0v) is 13.3. The molecule has 0 saturated heterocycles. The maximum absolute atomic E-state index is 11.8. The molecule has 0 unspecified atom stereocenters. The van der Waals surface area contributed by atoms with E-state index < -0.39 is 17.4 Å². The van der Waals surface area contributed by atoms with Crippen molar-refractivity contribution in [1.82, 2.24) is 0 Å². The van der Waals surface area contributed by atoms with Gasteiger partial charge in [0.25, 0.3) is 0 Å². The second-order valence-corrected chi connectivity index (χ2v) is 6.34. The number of anilines is 1. The molecule has 0 spiro atoms. The van der Waals surface area contributed by atoms with Crippen molar-refractivity contribution >= 4 is 33.5 Å². The van der Waals surface area contributed by atoms with Crippen LogP contribution < -0.4 is 11.1 Å². The summed E-state index contributed by atoms with van der Waals surface area (Å²) >= 11 is 3.37. The van der Waals surface area contributed by atoms with Gasteiger partial charge in [-0.25, -0.2) is 4.79 Å². The molecular formula is C15H19BrN2O3. The summed E-state index contributed by atoms with van der Waals surface area (Å²) in [6, 6.07) is 4.90. The molecule has 1 fully saturated rings. The molecule has 1 aromatic rings. The number of aliphatic carboxylic acids is 1. The lowest BCUT2D eigenvalue weighted by Crippen LogP contribution is -2.46. The van der Waals surface area contributed by atoms with E-state index in [2.05, 4.69) is 21.2 Å². The maximum Gasteiger partial charge on any atom is 0.329 e. The van der Waals surface area contributed by atoms with Crippen LogP contribution in [-0.4, -0.2) is 22.5 Å². The van der Waals surface area contributed by atoms with Gasteiger partial charge in [0.2, 0.25) is 5.91 Å². The van der Waals surface area contributed by atoms with Crippen LogP contribution in [0.2, 0.25) is 0 Å². The third-order valence-corrected chi connectivity index (χ3v) is 4.65. The second-order valence-electron chi connectivity index (χ2n) is 5.49. The fourth-order valence-corrected chi connectivity index (χ4v) is 3.23. The highest BCUT2D eigenvalue weighted by atomic mass is 79.9. The molecule has 1 aromatic carbocycles. The Kier molecular flexibility index (Phi) is 4.88. The number of carbonyl (C=O) groups excluding carboxylic acids is 1. The maximum atomic E-state index is 11.8. The summed E-state index contributed by atoms with van der Waals surface area (Å²) in [5.41, 5.74) is 5.36. The molecule has 0 aromatic heterocycles. The SMILES string of the molecule is NC(=O)c1ccc(NC2(C(=O)O)CCCCCC2)c(Br)c1. The molecule has 2 rings (SSSR count). The summed E-state index contributed by atoms with van der Waals surface area (Å²) in [4.78, 5) is 22.9. The van der Waals surface area contributed by atoms with Crippen molar-refractivity contribution in [2.75, 3.05) is 5.32 Å². The molecule has 4 N–H and O–H groups in total. The fourth-order valence-electron chi connectivity index (χ4n) is 2.75. The predicted octanol–water partition coefficient (Wildman–Crippen LogP) is 3.14. The normalized spacial score (nSPS) is 17.8. The number of amides is 1. The molecule has 6 heteroatoms. The zero-order chi connectivity index (χ0) is 15.5. The highest BCUT2D eigenvalue weighted by molar-refractivity contribution is 9.10. The number of hydrogen-bond acceptors (Lipinski definition) is 3. The van der Waals surface area contributed by atoms with Crippen LogP contribution >= 0.6 is 15.9 Å². The smallest absolute Gasteiger partial charge is 0.329 e. The van der Waals surface area contributed by atoms with Crippen LogP contribution in [0.3, 0.4) is 0 Å². The van der Waals surface area contributed by atoms with Gasteiger partial charge >= 0.3 is 5.97 Å². The molecule has 0 aliphatic heterocycles. The molecule has 0 bridgehead atoms. The predicted molar refractivity (Wildman–Crippen MR) is 84.4 cm³/mol. The number of nitrogens with two attached hydrogens (primary N) is 1. The third-order valence-electron chi connectivity index (χ3n) is 3.99. The molecule has 0 heterocycles. The van der Waals surface area contributed by atoms with Crippen molar-refractivity contribution in [1.29, 1.82) is 0 Å². The van der Waals surface area contributed by atoms with Crippen LogP contribution in [-0.2, 0) is 4.79 Å². The third kappa shape index (κ3) is 3.56. The van der Waals surface area contributed by atoms with E-state index in [1.165, 1.54) is 0 Å². The Morgan fingerprint density at radius 2 is 1.81 bits per heavy atom. The summed E-state index contributed by atoms with van der Waals surface area (Å²) in [6.45, 7) is 0. The molecule has 1 aliphatic carbocycles. The zero-order valence-electron chi connectivity index (χ0n) is 11.7. The molecule has 0 radical (unpaired) electrons. The number of primary amides is 1. The van der Waals surface area contributed by atoms with Crippen LogP contribution in [0.5, 0.6) is 0 Å². The average Bonchev–Trinajstić information content (AvgIpc) is 2.67. The Hall–Kier alpha value is -1.56. The van der Waals surface area contributed by atoms with Crippen molar-refractivity contribution in [3.8, 4) is 0 Å². The minimum Gasteiger partial charge on any atom is -0.480 e. The largest absolute Gasteiger partial charge is 0.480 e. The van der Waals surface area contributed by atoms with Gasteiger partial charge in [0.05, 0.1) is 0 Å². The first-order valence-corrected chi connectivity index (χ1v) is 7.85. The topological polar surface area (TPSA) is 92.4 Å². The van der Waals surface area contributed by atoms with Gasteiger partial charge < -0.3 is 16.2 Å². The molecule has 0 atom stereocenters. The highest BCUT2D eigenvalue weighted by Crippen LogP contribution is 2.34. The Bertz CT molecular complexity index is 552. The molecular weight excluding hydrogens is 336 g/mol. The molecule has 1 amide bonds. The summed E-state index contributed by atoms with van der Waals surface area (Å²) in [5.74, 6) is -1.33. The minimum absolute atomic E-state index is 0.387. The first-order chi connectivity index (χ1) is 9.94. The summed E-state index contributed by atoms with van der Waals surface area (Å²) in [7, 11) is 0. The Morgan fingerprint density at radius 1 is 1.19 bits per heavy atom.